The van der Waals surface area contributed by atoms with Crippen molar-refractivity contribution in [1.82, 2.24) is 4.90 Å². The van der Waals surface area contributed by atoms with Gasteiger partial charge in [0.05, 0.1) is 17.4 Å². The van der Waals surface area contributed by atoms with Crippen LogP contribution in [0.3, 0.4) is 0 Å². The number of thioether (sulfide) groups is 1. The highest BCUT2D eigenvalue weighted by Gasteiger charge is 2.34. The van der Waals surface area contributed by atoms with E-state index in [4.69, 9.17) is 0 Å². The molecule has 24 heavy (non-hydrogen) atoms. The lowest BCUT2D eigenvalue weighted by Gasteiger charge is -2.38. The Balaban J connectivity index is 1.76. The molecule has 2 aliphatic rings. The maximum absolute atomic E-state index is 12.7. The Morgan fingerprint density at radius 2 is 2.04 bits per heavy atom. The van der Waals surface area contributed by atoms with Crippen molar-refractivity contribution in [3.05, 3.63) is 24.3 Å². The smallest absolute Gasteiger partial charge is 0.308 e. The van der Waals surface area contributed by atoms with Crippen LogP contribution in [0.5, 0.6) is 0 Å². The van der Waals surface area contributed by atoms with Crippen LogP contribution in [-0.2, 0) is 14.4 Å². The summed E-state index contributed by atoms with van der Waals surface area (Å²) in [7, 11) is 0. The molecule has 0 saturated carbocycles. The number of anilines is 1. The number of piperidine rings is 1. The van der Waals surface area contributed by atoms with Crippen molar-refractivity contribution >= 4 is 35.2 Å². The maximum Gasteiger partial charge on any atom is 0.308 e. The summed E-state index contributed by atoms with van der Waals surface area (Å²) in [4.78, 5) is 40.3. The third-order valence-corrected chi connectivity index (χ3v) is 5.70. The molecule has 2 heterocycles. The number of carboxylic acids is 1. The minimum Gasteiger partial charge on any atom is -0.481 e. The Hall–Kier alpha value is -2.02. The molecule has 1 aromatic carbocycles. The second kappa shape index (κ2) is 6.84. The quantitative estimate of drug-likeness (QED) is 0.902. The molecule has 1 saturated heterocycles. The number of hydrogen-bond donors (Lipinski definition) is 1. The number of carbonyl (C=O) groups is 3. The van der Waals surface area contributed by atoms with Gasteiger partial charge in [0, 0.05) is 17.5 Å². The van der Waals surface area contributed by atoms with E-state index in [2.05, 4.69) is 0 Å². The van der Waals surface area contributed by atoms with E-state index in [9.17, 15) is 19.5 Å². The van der Waals surface area contributed by atoms with Gasteiger partial charge in [-0.3, -0.25) is 14.4 Å². The second-order valence-electron chi connectivity index (χ2n) is 6.24. The normalized spacial score (nSPS) is 23.8. The van der Waals surface area contributed by atoms with Gasteiger partial charge >= 0.3 is 5.97 Å². The SMILES string of the molecule is CC1CCC(C(=O)O)CN1C(=O)CN1C(=O)CSc2ccccc21. The zero-order valence-electron chi connectivity index (χ0n) is 13.5. The summed E-state index contributed by atoms with van der Waals surface area (Å²) in [6, 6.07) is 7.53. The first-order valence-electron chi connectivity index (χ1n) is 8.02. The molecule has 0 radical (unpaired) electrons. The molecule has 1 N–H and O–H groups in total. The molecule has 3 rings (SSSR count). The number of nitrogens with zero attached hydrogens (tertiary/aromatic N) is 2. The molecule has 2 unspecified atom stereocenters. The summed E-state index contributed by atoms with van der Waals surface area (Å²) in [6.07, 6.45) is 1.26. The van der Waals surface area contributed by atoms with Crippen LogP contribution in [0.1, 0.15) is 19.8 Å². The lowest BCUT2D eigenvalue weighted by molar-refractivity contribution is -0.147. The fraction of sp³-hybridized carbons (Fsp3) is 0.471. The summed E-state index contributed by atoms with van der Waals surface area (Å²) >= 11 is 1.47. The molecular formula is C17H20N2O4S. The molecule has 1 fully saturated rings. The highest BCUT2D eigenvalue weighted by Crippen LogP contribution is 2.35. The van der Waals surface area contributed by atoms with E-state index >= 15 is 0 Å². The van der Waals surface area contributed by atoms with Crippen LogP contribution in [-0.4, -0.2) is 52.7 Å². The molecular weight excluding hydrogens is 328 g/mol. The van der Waals surface area contributed by atoms with Crippen LogP contribution in [0.15, 0.2) is 29.2 Å². The van der Waals surface area contributed by atoms with Crippen LogP contribution < -0.4 is 4.90 Å². The van der Waals surface area contributed by atoms with E-state index in [0.29, 0.717) is 18.6 Å². The Labute approximate surface area is 144 Å². The third-order valence-electron chi connectivity index (χ3n) is 4.65. The number of benzene rings is 1. The average Bonchev–Trinajstić information content (AvgIpc) is 2.57. The van der Waals surface area contributed by atoms with Gasteiger partial charge in [0.25, 0.3) is 0 Å². The fourth-order valence-electron chi connectivity index (χ4n) is 3.21. The molecule has 2 atom stereocenters. The predicted octanol–water partition coefficient (Wildman–Crippen LogP) is 1.84. The van der Waals surface area contributed by atoms with Gasteiger partial charge in [0.15, 0.2) is 0 Å². The molecule has 2 amide bonds. The number of likely N-dealkylation sites (tertiary alicyclic amines) is 1. The van der Waals surface area contributed by atoms with Crippen LogP contribution in [0.25, 0.3) is 0 Å². The second-order valence-corrected chi connectivity index (χ2v) is 7.26. The zero-order valence-corrected chi connectivity index (χ0v) is 14.3. The van der Waals surface area contributed by atoms with Crippen LogP contribution in [0, 0.1) is 5.92 Å². The maximum atomic E-state index is 12.7. The Morgan fingerprint density at radius 1 is 1.29 bits per heavy atom. The third kappa shape index (κ3) is 3.26. The van der Waals surface area contributed by atoms with Gasteiger partial charge in [-0.2, -0.15) is 0 Å². The average molecular weight is 348 g/mol. The van der Waals surface area contributed by atoms with Gasteiger partial charge < -0.3 is 14.9 Å². The van der Waals surface area contributed by atoms with E-state index in [0.717, 1.165) is 10.6 Å². The molecule has 0 spiro atoms. The Morgan fingerprint density at radius 3 is 2.79 bits per heavy atom. The lowest BCUT2D eigenvalue weighted by atomic mass is 9.93. The van der Waals surface area contributed by atoms with Gasteiger partial charge in [-0.05, 0) is 31.9 Å². The first kappa shape index (κ1) is 16.8. The van der Waals surface area contributed by atoms with Crippen LogP contribution >= 0.6 is 11.8 Å². The number of fused-ring (bicyclic) bond motifs is 1. The van der Waals surface area contributed by atoms with Crippen molar-refractivity contribution in [2.45, 2.75) is 30.7 Å². The predicted molar refractivity (Wildman–Crippen MR) is 91.1 cm³/mol. The molecule has 0 aromatic heterocycles. The van der Waals surface area contributed by atoms with Crippen molar-refractivity contribution < 1.29 is 19.5 Å². The summed E-state index contributed by atoms with van der Waals surface area (Å²) < 4.78 is 0. The first-order valence-corrected chi connectivity index (χ1v) is 9.00. The minimum atomic E-state index is -0.865. The van der Waals surface area contributed by atoms with Crippen LogP contribution in [0.2, 0.25) is 0 Å². The molecule has 0 bridgehead atoms. The molecule has 2 aliphatic heterocycles. The lowest BCUT2D eigenvalue weighted by Crippen LogP contribution is -2.52. The van der Waals surface area contributed by atoms with Gasteiger partial charge in [-0.15, -0.1) is 11.8 Å². The van der Waals surface area contributed by atoms with Gasteiger partial charge in [0.1, 0.15) is 6.54 Å². The monoisotopic (exact) mass is 348 g/mol. The summed E-state index contributed by atoms with van der Waals surface area (Å²) in [5.74, 6) is -1.35. The molecule has 128 valence electrons. The molecule has 1 aromatic rings. The number of para-hydroxylation sites is 1. The van der Waals surface area contributed by atoms with E-state index in [1.807, 2.05) is 31.2 Å². The van der Waals surface area contributed by atoms with Crippen molar-refractivity contribution in [2.24, 2.45) is 5.92 Å². The molecule has 6 nitrogen and oxygen atoms in total. The fourth-order valence-corrected chi connectivity index (χ4v) is 4.15. The summed E-state index contributed by atoms with van der Waals surface area (Å²) in [6.45, 7) is 2.11. The Bertz CT molecular complexity index is 678. The highest BCUT2D eigenvalue weighted by molar-refractivity contribution is 8.00. The topological polar surface area (TPSA) is 77.9 Å². The number of carbonyl (C=O) groups excluding carboxylic acids is 2. The summed E-state index contributed by atoms with van der Waals surface area (Å²) in [5.41, 5.74) is 0.756. The van der Waals surface area contributed by atoms with Gasteiger partial charge in [0.2, 0.25) is 11.8 Å². The summed E-state index contributed by atoms with van der Waals surface area (Å²) in [5, 5.41) is 9.21. The zero-order chi connectivity index (χ0) is 17.3. The number of amides is 2. The van der Waals surface area contributed by atoms with Crippen molar-refractivity contribution in [1.29, 1.82) is 0 Å². The number of hydrogen-bond acceptors (Lipinski definition) is 4. The largest absolute Gasteiger partial charge is 0.481 e. The van der Waals surface area contributed by atoms with Crippen LogP contribution in [0.4, 0.5) is 5.69 Å². The molecule has 0 aliphatic carbocycles. The van der Waals surface area contributed by atoms with Crippen molar-refractivity contribution in [3.8, 4) is 0 Å². The molecule has 7 heteroatoms. The van der Waals surface area contributed by atoms with E-state index in [1.54, 1.807) is 4.90 Å². The standard InChI is InChI=1S/C17H20N2O4S/c1-11-6-7-12(17(22)23)8-18(11)15(20)9-19-13-4-2-3-5-14(13)24-10-16(19)21/h2-5,11-12H,6-10H2,1H3,(H,22,23). The van der Waals surface area contributed by atoms with E-state index in [1.165, 1.54) is 16.7 Å². The van der Waals surface area contributed by atoms with E-state index in [-0.39, 0.29) is 30.9 Å². The first-order chi connectivity index (χ1) is 11.5. The minimum absolute atomic E-state index is 0.00221. The number of rotatable bonds is 3. The number of carboxylic acid groups (broad SMARTS) is 1. The van der Waals surface area contributed by atoms with Crippen molar-refractivity contribution in [2.75, 3.05) is 23.7 Å². The van der Waals surface area contributed by atoms with Gasteiger partial charge in [-0.1, -0.05) is 12.1 Å². The van der Waals surface area contributed by atoms with Gasteiger partial charge in [-0.25, -0.2) is 0 Å². The van der Waals surface area contributed by atoms with E-state index < -0.39 is 11.9 Å². The Kier molecular flexibility index (Phi) is 4.80. The highest BCUT2D eigenvalue weighted by atomic mass is 32.2. The van der Waals surface area contributed by atoms with Crippen molar-refractivity contribution in [3.63, 3.8) is 0 Å². The number of aliphatic carboxylic acids is 1.